The minimum Gasteiger partial charge on any atom is -0.327 e. The van der Waals surface area contributed by atoms with Gasteiger partial charge < -0.3 is 5.73 Å². The second kappa shape index (κ2) is 13.6. The third-order valence-electron chi connectivity index (χ3n) is 7.06. The summed E-state index contributed by atoms with van der Waals surface area (Å²) < 4.78 is 0. The van der Waals surface area contributed by atoms with Crippen molar-refractivity contribution in [2.75, 3.05) is 6.54 Å². The van der Waals surface area contributed by atoms with E-state index in [4.69, 9.17) is 5.73 Å². The van der Waals surface area contributed by atoms with Crippen LogP contribution in [-0.4, -0.2) is 18.1 Å². The standard InChI is InChI=1S/C30H47NO2/c1-21(14-10-15-23(3)20-31)12-9-13-22(2)16-11-18-30(7,8)19-17-27-26(6)28(32)24(4)25(5)29(27)33/h12,15-16H,9-11,13-14,17-20,31H2,1-8H3/b21-12+,22-16+,23-15+. The maximum Gasteiger partial charge on any atom is 0.185 e. The Hall–Kier alpha value is -2.00. The van der Waals surface area contributed by atoms with Gasteiger partial charge in [-0.15, -0.1) is 0 Å². The Morgan fingerprint density at radius 2 is 1.21 bits per heavy atom. The molecule has 184 valence electrons. The molecular weight excluding hydrogens is 406 g/mol. The Morgan fingerprint density at radius 3 is 1.76 bits per heavy atom. The van der Waals surface area contributed by atoms with Gasteiger partial charge in [-0.2, -0.15) is 0 Å². The number of hydrogen-bond acceptors (Lipinski definition) is 3. The molecule has 0 amide bonds. The number of Topliss-reactive ketones (excluding diaryl/α,β-unsaturated/α-hetero) is 2. The Labute approximate surface area is 203 Å². The molecule has 0 bridgehead atoms. The molecule has 0 unspecified atom stereocenters. The van der Waals surface area contributed by atoms with Crippen LogP contribution in [0.15, 0.2) is 57.2 Å². The Morgan fingerprint density at radius 1 is 0.727 bits per heavy atom. The molecule has 3 heteroatoms. The van der Waals surface area contributed by atoms with E-state index in [-0.39, 0.29) is 17.0 Å². The first kappa shape index (κ1) is 29.0. The third kappa shape index (κ3) is 9.80. The van der Waals surface area contributed by atoms with E-state index in [1.165, 1.54) is 16.7 Å². The lowest BCUT2D eigenvalue weighted by Gasteiger charge is -2.26. The number of carbonyl (C=O) groups is 2. The lowest BCUT2D eigenvalue weighted by Crippen LogP contribution is -2.22. The summed E-state index contributed by atoms with van der Waals surface area (Å²) in [4.78, 5) is 25.1. The molecule has 0 aromatic rings. The van der Waals surface area contributed by atoms with Crippen molar-refractivity contribution in [2.24, 2.45) is 11.1 Å². The summed E-state index contributed by atoms with van der Waals surface area (Å²) in [7, 11) is 0. The van der Waals surface area contributed by atoms with Crippen LogP contribution in [0.25, 0.3) is 0 Å². The first-order valence-electron chi connectivity index (χ1n) is 12.5. The van der Waals surface area contributed by atoms with E-state index in [9.17, 15) is 9.59 Å². The molecule has 0 aromatic heterocycles. The summed E-state index contributed by atoms with van der Waals surface area (Å²) in [6, 6.07) is 0. The number of carbonyl (C=O) groups excluding carboxylic acids is 2. The summed E-state index contributed by atoms with van der Waals surface area (Å²) in [5.74, 6) is 0.0925. The highest BCUT2D eigenvalue weighted by Gasteiger charge is 2.29. The van der Waals surface area contributed by atoms with Gasteiger partial charge in [-0.05, 0) is 98.3 Å². The number of nitrogens with two attached hydrogens (primary N) is 1. The molecule has 1 rings (SSSR count). The summed E-state index contributed by atoms with van der Waals surface area (Å²) in [6.07, 6.45) is 15.1. The summed E-state index contributed by atoms with van der Waals surface area (Å²) >= 11 is 0. The zero-order valence-corrected chi connectivity index (χ0v) is 22.5. The molecule has 2 N–H and O–H groups in total. The smallest absolute Gasteiger partial charge is 0.185 e. The minimum atomic E-state index is 0.0323. The molecule has 1 aliphatic rings. The molecule has 3 nitrogen and oxygen atoms in total. The first-order valence-corrected chi connectivity index (χ1v) is 12.5. The predicted octanol–water partition coefficient (Wildman–Crippen LogP) is 7.74. The molecule has 1 aliphatic carbocycles. The number of ketones is 2. The zero-order valence-electron chi connectivity index (χ0n) is 22.5. The Balaban J connectivity index is 2.47. The van der Waals surface area contributed by atoms with Crippen molar-refractivity contribution in [3.63, 3.8) is 0 Å². The van der Waals surface area contributed by atoms with E-state index in [1.807, 2.05) is 0 Å². The van der Waals surface area contributed by atoms with E-state index in [0.29, 0.717) is 29.7 Å². The van der Waals surface area contributed by atoms with E-state index >= 15 is 0 Å². The van der Waals surface area contributed by atoms with Crippen LogP contribution in [0.4, 0.5) is 0 Å². The van der Waals surface area contributed by atoms with Gasteiger partial charge in [-0.1, -0.05) is 48.8 Å². The van der Waals surface area contributed by atoms with E-state index in [1.54, 1.807) is 20.8 Å². The van der Waals surface area contributed by atoms with Gasteiger partial charge in [-0.3, -0.25) is 9.59 Å². The average molecular weight is 454 g/mol. The van der Waals surface area contributed by atoms with Gasteiger partial charge in [0.25, 0.3) is 0 Å². The van der Waals surface area contributed by atoms with Crippen molar-refractivity contribution in [2.45, 2.75) is 107 Å². The highest BCUT2D eigenvalue weighted by Crippen LogP contribution is 2.34. The van der Waals surface area contributed by atoms with Crippen LogP contribution in [0.1, 0.15) is 107 Å². The van der Waals surface area contributed by atoms with Crippen LogP contribution in [-0.2, 0) is 9.59 Å². The molecule has 0 radical (unpaired) electrons. The molecular formula is C30H47NO2. The number of rotatable bonds is 13. The fraction of sp³-hybridized carbons (Fsp3) is 0.600. The highest BCUT2D eigenvalue weighted by atomic mass is 16.1. The molecule has 0 saturated heterocycles. The van der Waals surface area contributed by atoms with Crippen LogP contribution >= 0.6 is 0 Å². The van der Waals surface area contributed by atoms with Gasteiger partial charge in [0.1, 0.15) is 0 Å². The fourth-order valence-corrected chi connectivity index (χ4v) is 4.13. The second-order valence-electron chi connectivity index (χ2n) is 10.6. The molecule has 33 heavy (non-hydrogen) atoms. The van der Waals surface area contributed by atoms with Gasteiger partial charge >= 0.3 is 0 Å². The van der Waals surface area contributed by atoms with Crippen molar-refractivity contribution in [1.82, 2.24) is 0 Å². The summed E-state index contributed by atoms with van der Waals surface area (Å²) in [6.45, 7) is 17.0. The molecule has 0 aliphatic heterocycles. The number of allylic oxidation sites excluding steroid dienone is 9. The molecule has 0 spiro atoms. The maximum absolute atomic E-state index is 12.7. The van der Waals surface area contributed by atoms with Crippen molar-refractivity contribution < 1.29 is 9.59 Å². The highest BCUT2D eigenvalue weighted by molar-refractivity contribution is 6.24. The molecule has 0 fully saturated rings. The molecule has 0 atom stereocenters. The van der Waals surface area contributed by atoms with E-state index < -0.39 is 0 Å². The lowest BCUT2D eigenvalue weighted by atomic mass is 9.78. The van der Waals surface area contributed by atoms with Gasteiger partial charge in [0.2, 0.25) is 0 Å². The third-order valence-corrected chi connectivity index (χ3v) is 7.06. The average Bonchev–Trinajstić information content (AvgIpc) is 2.76. The van der Waals surface area contributed by atoms with Gasteiger partial charge in [0.05, 0.1) is 0 Å². The lowest BCUT2D eigenvalue weighted by molar-refractivity contribution is -0.116. The van der Waals surface area contributed by atoms with Crippen LogP contribution in [0.3, 0.4) is 0 Å². The SMILES string of the molecule is CC1=C(C)C(=O)C(CCC(C)(C)CC/C=C(\C)CC/C=C(\C)CC/C=C(\C)CN)=C(C)C1=O. The van der Waals surface area contributed by atoms with Gasteiger partial charge in [0.15, 0.2) is 11.6 Å². The van der Waals surface area contributed by atoms with Crippen molar-refractivity contribution in [1.29, 1.82) is 0 Å². The molecule has 0 heterocycles. The van der Waals surface area contributed by atoms with E-state index in [0.717, 1.165) is 50.5 Å². The molecule has 0 saturated carbocycles. The summed E-state index contributed by atoms with van der Waals surface area (Å²) in [5.41, 5.74) is 12.5. The molecule has 0 aromatic carbocycles. The fourth-order valence-electron chi connectivity index (χ4n) is 4.13. The Bertz CT molecular complexity index is 875. The minimum absolute atomic E-state index is 0.0323. The van der Waals surface area contributed by atoms with Crippen LogP contribution in [0, 0.1) is 5.41 Å². The van der Waals surface area contributed by atoms with Crippen LogP contribution in [0.5, 0.6) is 0 Å². The summed E-state index contributed by atoms with van der Waals surface area (Å²) in [5, 5.41) is 0. The monoisotopic (exact) mass is 453 g/mol. The number of hydrogen-bond donors (Lipinski definition) is 1. The van der Waals surface area contributed by atoms with Gasteiger partial charge in [0, 0.05) is 28.8 Å². The quantitative estimate of drug-likeness (QED) is 0.229. The topological polar surface area (TPSA) is 60.2 Å². The van der Waals surface area contributed by atoms with Crippen LogP contribution in [0.2, 0.25) is 0 Å². The second-order valence-corrected chi connectivity index (χ2v) is 10.6. The van der Waals surface area contributed by atoms with Crippen LogP contribution < -0.4 is 5.73 Å². The van der Waals surface area contributed by atoms with E-state index in [2.05, 4.69) is 52.8 Å². The van der Waals surface area contributed by atoms with Gasteiger partial charge in [-0.25, -0.2) is 0 Å². The maximum atomic E-state index is 12.7. The normalized spacial score (nSPS) is 16.9. The predicted molar refractivity (Wildman–Crippen MR) is 142 cm³/mol. The van der Waals surface area contributed by atoms with Crippen molar-refractivity contribution in [3.8, 4) is 0 Å². The first-order chi connectivity index (χ1) is 15.4. The van der Waals surface area contributed by atoms with Crippen molar-refractivity contribution in [3.05, 3.63) is 57.2 Å². The van der Waals surface area contributed by atoms with Crippen molar-refractivity contribution >= 4 is 11.6 Å². The largest absolute Gasteiger partial charge is 0.327 e. The Kier molecular flexibility index (Phi) is 12.0. The zero-order chi connectivity index (χ0) is 25.2.